The summed E-state index contributed by atoms with van der Waals surface area (Å²) in [7, 11) is -2.85. The number of hydrazone groups is 1. The van der Waals surface area contributed by atoms with E-state index in [1.165, 1.54) is 12.3 Å². The highest BCUT2D eigenvalue weighted by Crippen LogP contribution is 2.17. The molecule has 6 heteroatoms. The molecule has 0 amide bonds. The molecule has 0 fully saturated rings. The van der Waals surface area contributed by atoms with Crippen LogP contribution in [0, 0.1) is 0 Å². The van der Waals surface area contributed by atoms with Gasteiger partial charge < -0.3 is 4.65 Å². The van der Waals surface area contributed by atoms with Crippen LogP contribution < -0.4 is 10.1 Å². The van der Waals surface area contributed by atoms with Gasteiger partial charge in [0.1, 0.15) is 5.75 Å². The molecule has 0 aliphatic carbocycles. The van der Waals surface area contributed by atoms with E-state index in [0.29, 0.717) is 5.56 Å². The van der Waals surface area contributed by atoms with E-state index in [0.717, 1.165) is 5.69 Å². The minimum Gasteiger partial charge on any atom is -0.505 e. The summed E-state index contributed by atoms with van der Waals surface area (Å²) >= 11 is 0. The lowest BCUT2D eigenvalue weighted by Gasteiger charge is -2.05. The maximum atomic E-state index is 12.2. The first-order valence-electron chi connectivity index (χ1n) is 5.63. The van der Waals surface area contributed by atoms with E-state index in [-0.39, 0.29) is 5.75 Å². The molecule has 0 radical (unpaired) electrons. The van der Waals surface area contributed by atoms with Crippen LogP contribution in [-0.4, -0.2) is 13.7 Å². The lowest BCUT2D eigenvalue weighted by molar-refractivity contribution is 0.425. The van der Waals surface area contributed by atoms with Crippen molar-refractivity contribution in [2.24, 2.45) is 5.10 Å². The van der Waals surface area contributed by atoms with Crippen LogP contribution in [0.4, 0.5) is 14.3 Å². The van der Waals surface area contributed by atoms with Crippen molar-refractivity contribution in [3.8, 4) is 5.75 Å². The van der Waals surface area contributed by atoms with Crippen molar-refractivity contribution in [1.29, 1.82) is 0 Å². The molecule has 0 bridgehead atoms. The molecule has 0 aliphatic rings. The van der Waals surface area contributed by atoms with Crippen molar-refractivity contribution in [2.75, 3.05) is 5.43 Å². The Labute approximate surface area is 110 Å². The predicted octanol–water partition coefficient (Wildman–Crippen LogP) is 3.44. The van der Waals surface area contributed by atoms with E-state index >= 15 is 0 Å². The lowest BCUT2D eigenvalue weighted by atomic mass is 10.2. The van der Waals surface area contributed by atoms with Gasteiger partial charge in [-0.3, -0.25) is 5.43 Å². The number of hydrogen-bond donors (Lipinski definition) is 1. The molecule has 19 heavy (non-hydrogen) atoms. The van der Waals surface area contributed by atoms with Crippen molar-refractivity contribution < 1.29 is 13.3 Å². The fourth-order valence-electron chi connectivity index (χ4n) is 1.48. The minimum absolute atomic E-state index is 0.0936. The van der Waals surface area contributed by atoms with E-state index in [9.17, 15) is 8.63 Å². The quantitative estimate of drug-likeness (QED) is 0.507. The molecule has 2 aromatic rings. The van der Waals surface area contributed by atoms with Gasteiger partial charge in [0.05, 0.1) is 11.9 Å². The molecule has 0 heterocycles. The maximum absolute atomic E-state index is 12.2. The maximum Gasteiger partial charge on any atom is 0.796 e. The molecule has 0 saturated heterocycles. The molecule has 2 rings (SSSR count). The number of anilines is 1. The Morgan fingerprint density at radius 3 is 2.42 bits per heavy atom. The molecular weight excluding hydrogens is 249 g/mol. The standard InChI is InChI=1S/C13H11BF2N2O/c15-14(16)19-13-9-5-4-6-11(13)10-17-18-12-7-2-1-3-8-12/h1-10,18H. The Bertz CT molecular complexity index is 549. The van der Waals surface area contributed by atoms with Crippen LogP contribution in [0.5, 0.6) is 5.75 Å². The van der Waals surface area contributed by atoms with E-state index in [1.54, 1.807) is 18.2 Å². The van der Waals surface area contributed by atoms with Gasteiger partial charge in [0.25, 0.3) is 0 Å². The fraction of sp³-hybridized carbons (Fsp3) is 0. The number of benzene rings is 2. The van der Waals surface area contributed by atoms with Crippen LogP contribution in [0.15, 0.2) is 59.7 Å². The first-order valence-corrected chi connectivity index (χ1v) is 5.63. The first kappa shape index (κ1) is 13.1. The summed E-state index contributed by atoms with van der Waals surface area (Å²) in [5, 5.41) is 3.98. The SMILES string of the molecule is FB(F)Oc1ccccc1C=NNc1ccccc1. The Balaban J connectivity index is 2.06. The van der Waals surface area contributed by atoms with Crippen LogP contribution in [0.3, 0.4) is 0 Å². The van der Waals surface area contributed by atoms with Crippen LogP contribution in [0.2, 0.25) is 0 Å². The number of nitrogens with zero attached hydrogens (tertiary/aromatic N) is 1. The Morgan fingerprint density at radius 2 is 1.68 bits per heavy atom. The first-order chi connectivity index (χ1) is 9.25. The van der Waals surface area contributed by atoms with E-state index < -0.39 is 7.47 Å². The van der Waals surface area contributed by atoms with E-state index in [2.05, 4.69) is 15.2 Å². The topological polar surface area (TPSA) is 33.6 Å². The van der Waals surface area contributed by atoms with E-state index in [4.69, 9.17) is 0 Å². The van der Waals surface area contributed by atoms with Gasteiger partial charge in [0.2, 0.25) is 0 Å². The Hall–Kier alpha value is -2.37. The normalized spacial score (nSPS) is 10.4. The summed E-state index contributed by atoms with van der Waals surface area (Å²) in [6.07, 6.45) is 1.44. The molecule has 0 saturated carbocycles. The van der Waals surface area contributed by atoms with Gasteiger partial charge in [-0.25, -0.2) is 8.63 Å². The summed E-state index contributed by atoms with van der Waals surface area (Å²) in [4.78, 5) is 0. The van der Waals surface area contributed by atoms with Crippen LogP contribution >= 0.6 is 0 Å². The number of hydrogen-bond acceptors (Lipinski definition) is 3. The second kappa shape index (κ2) is 6.54. The van der Waals surface area contributed by atoms with Gasteiger partial charge in [-0.05, 0) is 24.3 Å². The molecule has 3 nitrogen and oxygen atoms in total. The zero-order valence-corrected chi connectivity index (χ0v) is 9.96. The highest BCUT2D eigenvalue weighted by Gasteiger charge is 2.18. The van der Waals surface area contributed by atoms with Crippen molar-refractivity contribution in [3.63, 3.8) is 0 Å². The number of rotatable bonds is 5. The zero-order chi connectivity index (χ0) is 13.5. The van der Waals surface area contributed by atoms with Crippen molar-refractivity contribution >= 4 is 19.4 Å². The zero-order valence-electron chi connectivity index (χ0n) is 9.96. The van der Waals surface area contributed by atoms with Gasteiger partial charge in [0, 0.05) is 5.56 Å². The molecule has 0 aromatic heterocycles. The van der Waals surface area contributed by atoms with Gasteiger partial charge in [-0.2, -0.15) is 5.10 Å². The van der Waals surface area contributed by atoms with E-state index in [1.807, 2.05) is 30.3 Å². The summed E-state index contributed by atoms with van der Waals surface area (Å²) in [6.45, 7) is 0. The third kappa shape index (κ3) is 4.10. The molecule has 1 N–H and O–H groups in total. The average Bonchev–Trinajstić information content (AvgIpc) is 2.41. The summed E-state index contributed by atoms with van der Waals surface area (Å²) in [5.74, 6) is 0.0936. The average molecular weight is 260 g/mol. The van der Waals surface area contributed by atoms with Gasteiger partial charge >= 0.3 is 7.47 Å². The number of nitrogens with one attached hydrogen (secondary N) is 1. The highest BCUT2D eigenvalue weighted by molar-refractivity contribution is 6.35. The third-order valence-corrected chi connectivity index (χ3v) is 2.31. The van der Waals surface area contributed by atoms with Gasteiger partial charge in [-0.1, -0.05) is 30.3 Å². The molecular formula is C13H11BF2N2O. The van der Waals surface area contributed by atoms with Crippen molar-refractivity contribution in [3.05, 3.63) is 60.2 Å². The largest absolute Gasteiger partial charge is 0.796 e. The minimum atomic E-state index is -2.85. The second-order valence-corrected chi connectivity index (χ2v) is 3.65. The number of para-hydroxylation sites is 2. The van der Waals surface area contributed by atoms with Gasteiger partial charge in [0.15, 0.2) is 0 Å². The van der Waals surface area contributed by atoms with Crippen molar-refractivity contribution in [2.45, 2.75) is 0 Å². The highest BCUT2D eigenvalue weighted by atomic mass is 19.2. The Morgan fingerprint density at radius 1 is 1.00 bits per heavy atom. The molecule has 0 atom stereocenters. The molecule has 0 aliphatic heterocycles. The second-order valence-electron chi connectivity index (χ2n) is 3.65. The predicted molar refractivity (Wildman–Crippen MR) is 72.7 cm³/mol. The number of halogens is 2. The molecule has 2 aromatic carbocycles. The summed E-state index contributed by atoms with van der Waals surface area (Å²) in [5.41, 5.74) is 4.09. The summed E-state index contributed by atoms with van der Waals surface area (Å²) < 4.78 is 28.8. The van der Waals surface area contributed by atoms with Crippen LogP contribution in [0.25, 0.3) is 0 Å². The summed E-state index contributed by atoms with van der Waals surface area (Å²) in [6, 6.07) is 15.8. The monoisotopic (exact) mass is 260 g/mol. The lowest BCUT2D eigenvalue weighted by Crippen LogP contribution is -2.09. The van der Waals surface area contributed by atoms with Crippen LogP contribution in [-0.2, 0) is 0 Å². The van der Waals surface area contributed by atoms with Crippen LogP contribution in [0.1, 0.15) is 5.56 Å². The van der Waals surface area contributed by atoms with Crippen molar-refractivity contribution in [1.82, 2.24) is 0 Å². The van der Waals surface area contributed by atoms with Gasteiger partial charge in [-0.15, -0.1) is 0 Å². The molecule has 96 valence electrons. The smallest absolute Gasteiger partial charge is 0.505 e. The fourth-order valence-corrected chi connectivity index (χ4v) is 1.48. The molecule has 0 spiro atoms. The molecule has 0 unspecified atom stereocenters. The third-order valence-electron chi connectivity index (χ3n) is 2.31. The Kier molecular flexibility index (Phi) is 4.50.